The van der Waals surface area contributed by atoms with Crippen molar-refractivity contribution in [2.45, 2.75) is 63.6 Å². The van der Waals surface area contributed by atoms with Gasteiger partial charge in [-0.05, 0) is 56.1 Å². The van der Waals surface area contributed by atoms with Gasteiger partial charge in [-0.3, -0.25) is 4.90 Å². The minimum atomic E-state index is -3.17. The van der Waals surface area contributed by atoms with E-state index in [1.54, 1.807) is 0 Å². The molecule has 7 heteroatoms. The molecule has 1 N–H and O–H groups in total. The summed E-state index contributed by atoms with van der Waals surface area (Å²) in [6.07, 6.45) is 8.04. The minimum Gasteiger partial charge on any atom is -0.489 e. The summed E-state index contributed by atoms with van der Waals surface area (Å²) in [4.78, 5) is 2.29. The van der Waals surface area contributed by atoms with Crippen LogP contribution >= 0.6 is 0 Å². The predicted molar refractivity (Wildman–Crippen MR) is 116 cm³/mol. The number of ether oxygens (including phenoxy) is 2. The quantitative estimate of drug-likeness (QED) is 0.787. The molecule has 0 saturated heterocycles. The van der Waals surface area contributed by atoms with Crippen LogP contribution in [-0.2, 0) is 14.8 Å². The van der Waals surface area contributed by atoms with Crippen molar-refractivity contribution >= 4 is 10.0 Å². The highest BCUT2D eigenvalue weighted by Crippen LogP contribution is 2.38. The third-order valence-electron chi connectivity index (χ3n) is 6.01. The van der Waals surface area contributed by atoms with E-state index in [4.69, 9.17) is 9.47 Å². The van der Waals surface area contributed by atoms with Gasteiger partial charge in [0, 0.05) is 32.8 Å². The van der Waals surface area contributed by atoms with Gasteiger partial charge in [0.2, 0.25) is 10.0 Å². The van der Waals surface area contributed by atoms with Crippen LogP contribution in [0.3, 0.4) is 0 Å². The summed E-state index contributed by atoms with van der Waals surface area (Å²) in [7, 11) is -3.17. The number of fused-ring (bicyclic) bond motifs is 9. The average Bonchev–Trinajstić information content (AvgIpc) is 2.70. The fourth-order valence-corrected chi connectivity index (χ4v) is 4.87. The molecule has 0 radical (unpaired) electrons. The Kier molecular flexibility index (Phi) is 8.35. The van der Waals surface area contributed by atoms with Crippen LogP contribution in [0.2, 0.25) is 0 Å². The smallest absolute Gasteiger partial charge is 0.208 e. The molecule has 1 aliphatic carbocycles. The third kappa shape index (κ3) is 7.24. The Hall–Kier alpha value is -1.15. The lowest BCUT2D eigenvalue weighted by atomic mass is 9.82. The molecule has 1 aromatic carbocycles. The van der Waals surface area contributed by atoms with Crippen LogP contribution < -0.4 is 9.46 Å². The van der Waals surface area contributed by atoms with Gasteiger partial charge in [-0.25, -0.2) is 13.1 Å². The molecule has 0 amide bonds. The summed E-state index contributed by atoms with van der Waals surface area (Å²) in [6, 6.07) is 8.48. The highest BCUT2D eigenvalue weighted by atomic mass is 32.2. The van der Waals surface area contributed by atoms with Gasteiger partial charge in [0.05, 0.1) is 12.4 Å². The van der Waals surface area contributed by atoms with Gasteiger partial charge in [-0.2, -0.15) is 0 Å². The number of rotatable bonds is 5. The fraction of sp³-hybridized carbons (Fsp3) is 0.727. The van der Waals surface area contributed by atoms with Crippen LogP contribution in [0.5, 0.6) is 5.75 Å². The van der Waals surface area contributed by atoms with Crippen molar-refractivity contribution in [3.05, 3.63) is 29.8 Å². The number of para-hydroxylation sites is 1. The Morgan fingerprint density at radius 2 is 1.93 bits per heavy atom. The second kappa shape index (κ2) is 10.8. The van der Waals surface area contributed by atoms with E-state index in [0.717, 1.165) is 64.0 Å². The van der Waals surface area contributed by atoms with Crippen molar-refractivity contribution in [1.29, 1.82) is 0 Å². The summed E-state index contributed by atoms with van der Waals surface area (Å²) in [5.74, 6) is 1.55. The van der Waals surface area contributed by atoms with E-state index in [9.17, 15) is 8.42 Å². The molecular formula is C22H36N2O4S. The minimum absolute atomic E-state index is 0.0783. The first kappa shape index (κ1) is 22.5. The molecule has 0 aromatic heterocycles. The highest BCUT2D eigenvalue weighted by Gasteiger charge is 2.26. The van der Waals surface area contributed by atoms with E-state index in [1.165, 1.54) is 11.8 Å². The van der Waals surface area contributed by atoms with Crippen molar-refractivity contribution in [3.8, 4) is 5.75 Å². The number of nitrogens with zero attached hydrogens (tertiary/aromatic N) is 1. The maximum absolute atomic E-state index is 11.4. The molecular weight excluding hydrogens is 388 g/mol. The lowest BCUT2D eigenvalue weighted by Crippen LogP contribution is -2.41. The van der Waals surface area contributed by atoms with Crippen LogP contribution in [0.1, 0.15) is 56.9 Å². The molecule has 0 spiro atoms. The molecule has 1 atom stereocenters. The molecule has 164 valence electrons. The van der Waals surface area contributed by atoms with Gasteiger partial charge in [0.1, 0.15) is 11.9 Å². The zero-order valence-corrected chi connectivity index (χ0v) is 18.6. The van der Waals surface area contributed by atoms with E-state index in [-0.39, 0.29) is 6.10 Å². The summed E-state index contributed by atoms with van der Waals surface area (Å²) >= 11 is 0. The summed E-state index contributed by atoms with van der Waals surface area (Å²) in [5.41, 5.74) is 1.33. The van der Waals surface area contributed by atoms with E-state index in [1.807, 2.05) is 0 Å². The van der Waals surface area contributed by atoms with Crippen LogP contribution in [0.15, 0.2) is 24.3 Å². The molecule has 2 aliphatic heterocycles. The average molecular weight is 425 g/mol. The third-order valence-corrected chi connectivity index (χ3v) is 6.74. The van der Waals surface area contributed by atoms with Crippen LogP contribution in [0.4, 0.5) is 0 Å². The Balaban J connectivity index is 1.74. The Morgan fingerprint density at radius 1 is 1.17 bits per heavy atom. The monoisotopic (exact) mass is 424 g/mol. The molecule has 1 aromatic rings. The number of hydrogen-bond acceptors (Lipinski definition) is 5. The SMILES string of the molecule is CCC1CN(CCNS(C)(=O)=O)CCCOC2CCC(CC2)c2ccccc2O1. The van der Waals surface area contributed by atoms with Crippen molar-refractivity contribution in [2.75, 3.05) is 39.0 Å². The zero-order chi connectivity index (χ0) is 20.7. The maximum Gasteiger partial charge on any atom is 0.208 e. The molecule has 3 aliphatic rings. The molecule has 6 nitrogen and oxygen atoms in total. The van der Waals surface area contributed by atoms with Gasteiger partial charge in [0.15, 0.2) is 0 Å². The van der Waals surface area contributed by atoms with Crippen LogP contribution in [0.25, 0.3) is 0 Å². The van der Waals surface area contributed by atoms with Crippen molar-refractivity contribution in [3.63, 3.8) is 0 Å². The molecule has 1 saturated carbocycles. The van der Waals surface area contributed by atoms with E-state index in [2.05, 4.69) is 40.8 Å². The van der Waals surface area contributed by atoms with Gasteiger partial charge in [-0.1, -0.05) is 25.1 Å². The van der Waals surface area contributed by atoms with Gasteiger partial charge in [0.25, 0.3) is 0 Å². The number of hydrogen-bond donors (Lipinski definition) is 1. The predicted octanol–water partition coefficient (Wildman–Crippen LogP) is 3.14. The van der Waals surface area contributed by atoms with E-state index < -0.39 is 10.0 Å². The van der Waals surface area contributed by atoms with E-state index in [0.29, 0.717) is 25.1 Å². The van der Waals surface area contributed by atoms with Crippen molar-refractivity contribution in [1.82, 2.24) is 9.62 Å². The second-order valence-corrected chi connectivity index (χ2v) is 10.2. The number of benzene rings is 1. The first-order chi connectivity index (χ1) is 13.9. The molecule has 4 rings (SSSR count). The lowest BCUT2D eigenvalue weighted by Gasteiger charge is -2.33. The summed E-state index contributed by atoms with van der Waals surface area (Å²) < 4.78 is 38.1. The number of sulfonamides is 1. The van der Waals surface area contributed by atoms with Gasteiger partial charge >= 0.3 is 0 Å². The topological polar surface area (TPSA) is 67.9 Å². The largest absolute Gasteiger partial charge is 0.489 e. The van der Waals surface area contributed by atoms with E-state index >= 15 is 0 Å². The normalized spacial score (nSPS) is 27.0. The molecule has 2 heterocycles. The van der Waals surface area contributed by atoms with Crippen molar-refractivity contribution < 1.29 is 17.9 Å². The standard InChI is InChI=1S/C22H36N2O4S/c1-3-19-17-24(15-13-23-29(2,25)26)14-6-16-27-20-11-9-18(10-12-20)21-7-4-5-8-22(21)28-19/h4-5,7-8,18-20,23H,3,6,9-17H2,1-2H3. The zero-order valence-electron chi connectivity index (χ0n) is 17.8. The Morgan fingerprint density at radius 3 is 2.66 bits per heavy atom. The van der Waals surface area contributed by atoms with Crippen LogP contribution in [0, 0.1) is 0 Å². The van der Waals surface area contributed by atoms with Crippen LogP contribution in [-0.4, -0.2) is 64.6 Å². The molecule has 1 fully saturated rings. The molecule has 29 heavy (non-hydrogen) atoms. The van der Waals surface area contributed by atoms with Crippen molar-refractivity contribution in [2.24, 2.45) is 0 Å². The lowest BCUT2D eigenvalue weighted by molar-refractivity contribution is 0.0167. The number of nitrogens with one attached hydrogen (secondary N) is 1. The van der Waals surface area contributed by atoms with Gasteiger partial charge < -0.3 is 9.47 Å². The van der Waals surface area contributed by atoms with Gasteiger partial charge in [-0.15, -0.1) is 0 Å². The summed E-state index contributed by atoms with van der Waals surface area (Å²) in [6.45, 7) is 5.65. The summed E-state index contributed by atoms with van der Waals surface area (Å²) in [5, 5.41) is 0. The first-order valence-corrected chi connectivity index (χ1v) is 12.9. The Labute approximate surface area is 176 Å². The Bertz CT molecular complexity index is 732. The maximum atomic E-state index is 11.4. The highest BCUT2D eigenvalue weighted by molar-refractivity contribution is 7.88. The molecule has 1 unspecified atom stereocenters. The molecule has 2 bridgehead atoms. The first-order valence-electron chi connectivity index (χ1n) is 11.0. The second-order valence-electron chi connectivity index (χ2n) is 8.35. The fourth-order valence-electron chi connectivity index (χ4n) is 4.40.